The van der Waals surface area contributed by atoms with Crippen molar-refractivity contribution in [2.24, 2.45) is 0 Å². The molecule has 3 rings (SSSR count). The van der Waals surface area contributed by atoms with Crippen molar-refractivity contribution < 1.29 is 10.2 Å². The van der Waals surface area contributed by atoms with E-state index in [9.17, 15) is 5.11 Å². The molecule has 0 spiro atoms. The zero-order chi connectivity index (χ0) is 13.2. The lowest BCUT2D eigenvalue weighted by atomic mass is 10.1. The molecule has 2 aromatic rings. The summed E-state index contributed by atoms with van der Waals surface area (Å²) in [4.78, 5) is 8.95. The maximum absolute atomic E-state index is 9.79. The Bertz CT molecular complexity index is 568. The van der Waals surface area contributed by atoms with Crippen molar-refractivity contribution in [3.8, 4) is 11.3 Å². The van der Waals surface area contributed by atoms with Gasteiger partial charge in [-0.15, -0.1) is 0 Å². The number of aliphatic hydroxyl groups is 2. The van der Waals surface area contributed by atoms with E-state index in [2.05, 4.69) is 9.97 Å². The summed E-state index contributed by atoms with van der Waals surface area (Å²) in [5.74, 6) is 1.19. The topological polar surface area (TPSA) is 66.2 Å². The Morgan fingerprint density at radius 2 is 1.89 bits per heavy atom. The molecule has 4 heteroatoms. The monoisotopic (exact) mass is 256 g/mol. The zero-order valence-electron chi connectivity index (χ0n) is 10.5. The third-order valence-corrected chi connectivity index (χ3v) is 3.29. The van der Waals surface area contributed by atoms with Crippen LogP contribution in [0.25, 0.3) is 11.3 Å². The van der Waals surface area contributed by atoms with Crippen molar-refractivity contribution in [3.05, 3.63) is 47.9 Å². The van der Waals surface area contributed by atoms with Crippen molar-refractivity contribution in [3.63, 3.8) is 0 Å². The van der Waals surface area contributed by atoms with Gasteiger partial charge in [0.05, 0.1) is 18.0 Å². The zero-order valence-corrected chi connectivity index (χ0v) is 10.5. The van der Waals surface area contributed by atoms with Crippen molar-refractivity contribution in [1.82, 2.24) is 9.97 Å². The molecule has 4 nitrogen and oxygen atoms in total. The van der Waals surface area contributed by atoms with Gasteiger partial charge in [0.2, 0.25) is 0 Å². The lowest BCUT2D eigenvalue weighted by molar-refractivity contribution is 0.0920. The summed E-state index contributed by atoms with van der Waals surface area (Å²) in [6.07, 6.45) is 1.27. The third-order valence-electron chi connectivity index (χ3n) is 3.29. The van der Waals surface area contributed by atoms with E-state index < -0.39 is 6.10 Å². The summed E-state index contributed by atoms with van der Waals surface area (Å²) in [5, 5.41) is 18.9. The highest BCUT2D eigenvalue weighted by atomic mass is 16.3. The van der Waals surface area contributed by atoms with Crippen LogP contribution in [0.4, 0.5) is 0 Å². The minimum Gasteiger partial charge on any atom is -0.393 e. The van der Waals surface area contributed by atoms with Crippen LogP contribution in [-0.4, -0.2) is 26.8 Å². The van der Waals surface area contributed by atoms with E-state index >= 15 is 0 Å². The summed E-state index contributed by atoms with van der Waals surface area (Å²) in [7, 11) is 0. The van der Waals surface area contributed by atoms with E-state index in [0.29, 0.717) is 11.6 Å². The Morgan fingerprint density at radius 1 is 1.16 bits per heavy atom. The molecular formula is C15H16N2O2. The van der Waals surface area contributed by atoms with Gasteiger partial charge < -0.3 is 10.2 Å². The number of nitrogens with zero attached hydrogens (tertiary/aromatic N) is 2. The van der Waals surface area contributed by atoms with Crippen LogP contribution in [0.15, 0.2) is 36.4 Å². The van der Waals surface area contributed by atoms with E-state index in [1.165, 1.54) is 0 Å². The van der Waals surface area contributed by atoms with Crippen LogP contribution in [0, 0.1) is 0 Å². The van der Waals surface area contributed by atoms with Crippen molar-refractivity contribution in [2.45, 2.75) is 24.9 Å². The molecule has 1 atom stereocenters. The molecule has 1 saturated carbocycles. The first-order valence-corrected chi connectivity index (χ1v) is 6.51. The number of aromatic nitrogens is 2. The maximum Gasteiger partial charge on any atom is 0.132 e. The van der Waals surface area contributed by atoms with Gasteiger partial charge in [0, 0.05) is 11.5 Å². The predicted octanol–water partition coefficient (Wildman–Crippen LogP) is 2.05. The van der Waals surface area contributed by atoms with Crippen LogP contribution in [0.5, 0.6) is 0 Å². The van der Waals surface area contributed by atoms with Crippen LogP contribution in [0.2, 0.25) is 0 Å². The second-order valence-electron chi connectivity index (χ2n) is 4.87. The average Bonchev–Trinajstić information content (AvgIpc) is 3.31. The molecule has 0 saturated heterocycles. The lowest BCUT2D eigenvalue weighted by Gasteiger charge is -2.11. The van der Waals surface area contributed by atoms with E-state index in [-0.39, 0.29) is 6.61 Å². The number of hydrogen-bond donors (Lipinski definition) is 2. The van der Waals surface area contributed by atoms with Gasteiger partial charge >= 0.3 is 0 Å². The Morgan fingerprint density at radius 3 is 2.53 bits per heavy atom. The molecule has 0 amide bonds. The number of benzene rings is 1. The van der Waals surface area contributed by atoms with E-state index in [1.54, 1.807) is 6.07 Å². The van der Waals surface area contributed by atoms with E-state index in [1.807, 2.05) is 30.3 Å². The van der Waals surface area contributed by atoms with E-state index in [0.717, 1.165) is 29.9 Å². The first-order valence-electron chi connectivity index (χ1n) is 6.51. The molecule has 0 aliphatic heterocycles. The fraction of sp³-hybridized carbons (Fsp3) is 0.333. The summed E-state index contributed by atoms with van der Waals surface area (Å²) >= 11 is 0. The van der Waals surface area contributed by atoms with Gasteiger partial charge in [0.1, 0.15) is 11.9 Å². The molecule has 0 radical (unpaired) electrons. The number of hydrogen-bond acceptors (Lipinski definition) is 4. The minimum absolute atomic E-state index is 0.324. The average molecular weight is 256 g/mol. The van der Waals surface area contributed by atoms with Gasteiger partial charge in [0.25, 0.3) is 0 Å². The third kappa shape index (κ3) is 2.64. The summed E-state index contributed by atoms with van der Waals surface area (Å²) in [6.45, 7) is -0.324. The van der Waals surface area contributed by atoms with Crippen molar-refractivity contribution in [1.29, 1.82) is 0 Å². The van der Waals surface area contributed by atoms with Crippen LogP contribution in [0.3, 0.4) is 0 Å². The molecule has 1 aromatic heterocycles. The highest BCUT2D eigenvalue weighted by Crippen LogP contribution is 2.39. The second-order valence-corrected chi connectivity index (χ2v) is 4.87. The van der Waals surface area contributed by atoms with Gasteiger partial charge in [-0.2, -0.15) is 0 Å². The van der Waals surface area contributed by atoms with Crippen LogP contribution >= 0.6 is 0 Å². The SMILES string of the molecule is OCC(O)c1cc(-c2ccccc2)nc(C2CC2)n1. The maximum atomic E-state index is 9.79. The van der Waals surface area contributed by atoms with Crippen LogP contribution < -0.4 is 0 Å². The molecule has 1 heterocycles. The second kappa shape index (κ2) is 5.07. The molecule has 2 N–H and O–H groups in total. The Kier molecular flexibility index (Phi) is 3.27. The first kappa shape index (κ1) is 12.3. The largest absolute Gasteiger partial charge is 0.393 e. The molecule has 1 aliphatic rings. The van der Waals surface area contributed by atoms with Gasteiger partial charge in [-0.25, -0.2) is 9.97 Å². The lowest BCUT2D eigenvalue weighted by Crippen LogP contribution is -2.08. The van der Waals surface area contributed by atoms with Gasteiger partial charge in [0.15, 0.2) is 0 Å². The van der Waals surface area contributed by atoms with Crippen LogP contribution in [-0.2, 0) is 0 Å². The normalized spacial score (nSPS) is 16.3. The highest BCUT2D eigenvalue weighted by molar-refractivity contribution is 5.59. The minimum atomic E-state index is -0.942. The van der Waals surface area contributed by atoms with Gasteiger partial charge in [-0.1, -0.05) is 30.3 Å². The van der Waals surface area contributed by atoms with Gasteiger partial charge in [-0.3, -0.25) is 0 Å². The molecule has 98 valence electrons. The molecule has 1 unspecified atom stereocenters. The predicted molar refractivity (Wildman–Crippen MR) is 71.5 cm³/mol. The van der Waals surface area contributed by atoms with E-state index in [4.69, 9.17) is 5.11 Å². The fourth-order valence-corrected chi connectivity index (χ4v) is 2.03. The molecule has 1 aliphatic carbocycles. The van der Waals surface area contributed by atoms with Gasteiger partial charge in [-0.05, 0) is 18.9 Å². The number of aliphatic hydroxyl groups excluding tert-OH is 2. The molecule has 1 aromatic carbocycles. The van der Waals surface area contributed by atoms with Crippen LogP contribution in [0.1, 0.15) is 36.4 Å². The first-order chi connectivity index (χ1) is 9.28. The standard InChI is InChI=1S/C15H16N2O2/c18-9-14(19)13-8-12(10-4-2-1-3-5-10)16-15(17-13)11-6-7-11/h1-5,8,11,14,18-19H,6-7,9H2. The van der Waals surface area contributed by atoms with Crippen molar-refractivity contribution >= 4 is 0 Å². The molecule has 19 heavy (non-hydrogen) atoms. The molecule has 0 bridgehead atoms. The summed E-state index contributed by atoms with van der Waals surface area (Å²) in [5.41, 5.74) is 2.30. The number of rotatable bonds is 4. The quantitative estimate of drug-likeness (QED) is 0.878. The smallest absolute Gasteiger partial charge is 0.132 e. The molecule has 1 fully saturated rings. The Hall–Kier alpha value is -1.78. The fourth-order valence-electron chi connectivity index (χ4n) is 2.03. The Labute approximate surface area is 111 Å². The molecular weight excluding hydrogens is 240 g/mol. The summed E-state index contributed by atoms with van der Waals surface area (Å²) < 4.78 is 0. The summed E-state index contributed by atoms with van der Waals surface area (Å²) in [6, 6.07) is 11.6. The Balaban J connectivity index is 2.05. The highest BCUT2D eigenvalue weighted by Gasteiger charge is 2.28. The van der Waals surface area contributed by atoms with Crippen molar-refractivity contribution in [2.75, 3.05) is 6.61 Å².